The number of nitrogens with one attached hydrogen (secondary N) is 1. The van der Waals surface area contributed by atoms with E-state index in [1.165, 1.54) is 10.4 Å². The highest BCUT2D eigenvalue weighted by Crippen LogP contribution is 2.18. The lowest BCUT2D eigenvalue weighted by molar-refractivity contribution is -0.385. The Balaban J connectivity index is 2.06. The van der Waals surface area contributed by atoms with Gasteiger partial charge >= 0.3 is 0 Å². The highest BCUT2D eigenvalue weighted by Gasteiger charge is 2.23. The Morgan fingerprint density at radius 2 is 1.76 bits per heavy atom. The second-order valence-electron chi connectivity index (χ2n) is 5.03. The SMILES string of the molecule is O=[N+]([O-])c1ccccc1CNS(=O)(=O)N1CCCCCC1. The number of benzene rings is 1. The van der Waals surface area contributed by atoms with Gasteiger partial charge in [0.25, 0.3) is 15.9 Å². The third kappa shape index (κ3) is 4.23. The van der Waals surface area contributed by atoms with Crippen LogP contribution in [0.25, 0.3) is 0 Å². The number of hydrogen-bond acceptors (Lipinski definition) is 4. The van der Waals surface area contributed by atoms with Crippen molar-refractivity contribution in [2.45, 2.75) is 32.2 Å². The molecular formula is C13H19N3O4S. The fraction of sp³-hybridized carbons (Fsp3) is 0.538. The lowest BCUT2D eigenvalue weighted by atomic mass is 10.2. The number of nitro benzene ring substituents is 1. The Morgan fingerprint density at radius 3 is 2.38 bits per heavy atom. The van der Waals surface area contributed by atoms with Crippen molar-refractivity contribution in [2.75, 3.05) is 13.1 Å². The van der Waals surface area contributed by atoms with Crippen LogP contribution in [-0.2, 0) is 16.8 Å². The minimum Gasteiger partial charge on any atom is -0.258 e. The summed E-state index contributed by atoms with van der Waals surface area (Å²) in [5.74, 6) is 0. The molecule has 1 aromatic rings. The Morgan fingerprint density at radius 1 is 1.14 bits per heavy atom. The number of para-hydroxylation sites is 1. The van der Waals surface area contributed by atoms with Gasteiger partial charge in [-0.3, -0.25) is 10.1 Å². The van der Waals surface area contributed by atoms with Crippen molar-refractivity contribution in [2.24, 2.45) is 0 Å². The molecule has 0 radical (unpaired) electrons. The van der Waals surface area contributed by atoms with Crippen molar-refractivity contribution in [3.63, 3.8) is 0 Å². The topological polar surface area (TPSA) is 92.5 Å². The van der Waals surface area contributed by atoms with Gasteiger partial charge in [-0.2, -0.15) is 17.4 Å². The first-order valence-electron chi connectivity index (χ1n) is 6.98. The summed E-state index contributed by atoms with van der Waals surface area (Å²) in [6.07, 6.45) is 3.78. The van der Waals surface area contributed by atoms with Crippen molar-refractivity contribution >= 4 is 15.9 Å². The number of hydrogen-bond donors (Lipinski definition) is 1. The fourth-order valence-corrected chi connectivity index (χ4v) is 3.64. The van der Waals surface area contributed by atoms with E-state index in [9.17, 15) is 18.5 Å². The minimum atomic E-state index is -3.59. The zero-order valence-corrected chi connectivity index (χ0v) is 12.5. The molecule has 0 amide bonds. The van der Waals surface area contributed by atoms with Crippen molar-refractivity contribution < 1.29 is 13.3 Å². The molecule has 7 nitrogen and oxygen atoms in total. The number of rotatable bonds is 5. The molecular weight excluding hydrogens is 294 g/mol. The highest BCUT2D eigenvalue weighted by molar-refractivity contribution is 7.87. The van der Waals surface area contributed by atoms with Crippen LogP contribution in [0.1, 0.15) is 31.2 Å². The van der Waals surface area contributed by atoms with Gasteiger partial charge < -0.3 is 0 Å². The molecule has 0 atom stereocenters. The molecule has 116 valence electrons. The lowest BCUT2D eigenvalue weighted by Crippen LogP contribution is -2.40. The van der Waals surface area contributed by atoms with Crippen LogP contribution >= 0.6 is 0 Å². The zero-order valence-electron chi connectivity index (χ0n) is 11.7. The molecule has 0 bridgehead atoms. The summed E-state index contributed by atoms with van der Waals surface area (Å²) in [6, 6.07) is 6.14. The maximum Gasteiger partial charge on any atom is 0.279 e. The molecule has 1 aromatic carbocycles. The van der Waals surface area contributed by atoms with Crippen LogP contribution in [0.15, 0.2) is 24.3 Å². The second-order valence-corrected chi connectivity index (χ2v) is 6.78. The van der Waals surface area contributed by atoms with E-state index in [-0.39, 0.29) is 12.2 Å². The first kappa shape index (κ1) is 15.9. The van der Waals surface area contributed by atoms with Gasteiger partial charge in [0.1, 0.15) is 0 Å². The normalized spacial score (nSPS) is 17.3. The van der Waals surface area contributed by atoms with Crippen LogP contribution in [0, 0.1) is 10.1 Å². The van der Waals surface area contributed by atoms with Gasteiger partial charge in [0.15, 0.2) is 0 Å². The average molecular weight is 313 g/mol. The van der Waals surface area contributed by atoms with Gasteiger partial charge in [0.2, 0.25) is 0 Å². The molecule has 1 fully saturated rings. The van der Waals surface area contributed by atoms with Gasteiger partial charge in [-0.1, -0.05) is 31.0 Å². The summed E-state index contributed by atoms with van der Waals surface area (Å²) in [6.45, 7) is 0.939. The van der Waals surface area contributed by atoms with E-state index in [2.05, 4.69) is 4.72 Å². The van der Waals surface area contributed by atoms with Crippen molar-refractivity contribution in [1.82, 2.24) is 9.03 Å². The molecule has 2 rings (SSSR count). The molecule has 0 aromatic heterocycles. The first-order chi connectivity index (χ1) is 10.0. The van der Waals surface area contributed by atoms with Crippen LogP contribution < -0.4 is 4.72 Å². The standard InChI is InChI=1S/C13H19N3O4S/c17-16(18)13-8-4-3-7-12(13)11-14-21(19,20)15-9-5-1-2-6-10-15/h3-4,7-8,14H,1-2,5-6,9-11H2. The summed E-state index contributed by atoms with van der Waals surface area (Å²) in [5.41, 5.74) is 0.289. The predicted octanol–water partition coefficient (Wildman–Crippen LogP) is 1.81. The highest BCUT2D eigenvalue weighted by atomic mass is 32.2. The van der Waals surface area contributed by atoms with Crippen LogP contribution in [0.5, 0.6) is 0 Å². The van der Waals surface area contributed by atoms with E-state index in [1.807, 2.05) is 0 Å². The Kier molecular flexibility index (Phi) is 5.27. The minimum absolute atomic E-state index is 0.0731. The average Bonchev–Trinajstić information content (AvgIpc) is 2.75. The van der Waals surface area contributed by atoms with Gasteiger partial charge in [-0.05, 0) is 12.8 Å². The Labute approximate surface area is 124 Å². The van der Waals surface area contributed by atoms with E-state index in [0.717, 1.165) is 25.7 Å². The summed E-state index contributed by atoms with van der Waals surface area (Å²) in [7, 11) is -3.59. The maximum absolute atomic E-state index is 12.2. The van der Waals surface area contributed by atoms with Gasteiger partial charge in [-0.25, -0.2) is 0 Å². The van der Waals surface area contributed by atoms with Crippen LogP contribution in [0.3, 0.4) is 0 Å². The van der Waals surface area contributed by atoms with Crippen LogP contribution in [0.2, 0.25) is 0 Å². The van der Waals surface area contributed by atoms with Gasteiger partial charge in [-0.15, -0.1) is 0 Å². The molecule has 1 aliphatic heterocycles. The lowest BCUT2D eigenvalue weighted by Gasteiger charge is -2.20. The van der Waals surface area contributed by atoms with E-state index >= 15 is 0 Å². The van der Waals surface area contributed by atoms with E-state index in [4.69, 9.17) is 0 Å². The van der Waals surface area contributed by atoms with Crippen molar-refractivity contribution in [3.8, 4) is 0 Å². The molecule has 0 unspecified atom stereocenters. The molecule has 0 aliphatic carbocycles. The van der Waals surface area contributed by atoms with Crippen molar-refractivity contribution in [3.05, 3.63) is 39.9 Å². The fourth-order valence-electron chi connectivity index (χ4n) is 2.38. The summed E-state index contributed by atoms with van der Waals surface area (Å²) in [4.78, 5) is 10.4. The molecule has 0 saturated carbocycles. The summed E-state index contributed by atoms with van der Waals surface area (Å²) >= 11 is 0. The van der Waals surface area contributed by atoms with E-state index in [0.29, 0.717) is 18.7 Å². The largest absolute Gasteiger partial charge is 0.279 e. The molecule has 1 N–H and O–H groups in total. The van der Waals surface area contributed by atoms with E-state index < -0.39 is 15.1 Å². The zero-order chi connectivity index (χ0) is 15.3. The molecule has 8 heteroatoms. The maximum atomic E-state index is 12.2. The molecule has 0 spiro atoms. The van der Waals surface area contributed by atoms with Crippen LogP contribution in [-0.4, -0.2) is 30.7 Å². The first-order valence-corrected chi connectivity index (χ1v) is 8.42. The predicted molar refractivity (Wildman–Crippen MR) is 78.9 cm³/mol. The van der Waals surface area contributed by atoms with E-state index in [1.54, 1.807) is 18.2 Å². The third-order valence-corrected chi connectivity index (χ3v) is 5.09. The van der Waals surface area contributed by atoms with Crippen molar-refractivity contribution in [1.29, 1.82) is 0 Å². The molecule has 1 heterocycles. The molecule has 1 aliphatic rings. The Bertz CT molecular complexity index is 595. The molecule has 21 heavy (non-hydrogen) atoms. The quantitative estimate of drug-likeness (QED) is 0.662. The smallest absolute Gasteiger partial charge is 0.258 e. The third-order valence-electron chi connectivity index (χ3n) is 3.54. The van der Waals surface area contributed by atoms with Gasteiger partial charge in [0.05, 0.1) is 4.92 Å². The Hall–Kier alpha value is -1.51. The molecule has 1 saturated heterocycles. The second kappa shape index (κ2) is 6.97. The van der Waals surface area contributed by atoms with Gasteiger partial charge in [0, 0.05) is 31.3 Å². The van der Waals surface area contributed by atoms with Crippen LogP contribution in [0.4, 0.5) is 5.69 Å². The number of nitrogens with zero attached hydrogens (tertiary/aromatic N) is 2. The summed E-state index contributed by atoms with van der Waals surface area (Å²) < 4.78 is 28.4. The summed E-state index contributed by atoms with van der Waals surface area (Å²) in [5, 5.41) is 10.9. The monoisotopic (exact) mass is 313 g/mol. The number of nitro groups is 1.